The highest BCUT2D eigenvalue weighted by Crippen LogP contribution is 2.38. The molecule has 2 aromatic carbocycles. The maximum absolute atomic E-state index is 11.0. The van der Waals surface area contributed by atoms with Crippen LogP contribution in [0.15, 0.2) is 47.4 Å². The van der Waals surface area contributed by atoms with Gasteiger partial charge in [-0.3, -0.25) is 9.80 Å². The number of hydrogen-bond acceptors (Lipinski definition) is 7. The summed E-state index contributed by atoms with van der Waals surface area (Å²) in [6.45, 7) is 11.2. The van der Waals surface area contributed by atoms with Gasteiger partial charge in [0.05, 0.1) is 27.4 Å². The van der Waals surface area contributed by atoms with Gasteiger partial charge in [-0.2, -0.15) is 0 Å². The number of hydrogen-bond donors (Lipinski definition) is 1. The fourth-order valence-corrected chi connectivity index (χ4v) is 5.22. The molecule has 1 N–H and O–H groups in total. The Bertz CT molecular complexity index is 931. The predicted molar refractivity (Wildman–Crippen MR) is 145 cm³/mol. The van der Waals surface area contributed by atoms with Crippen molar-refractivity contribution >= 4 is 17.8 Å². The van der Waals surface area contributed by atoms with Crippen LogP contribution in [0.1, 0.15) is 38.0 Å². The first-order valence-electron chi connectivity index (χ1n) is 12.2. The highest BCUT2D eigenvalue weighted by molar-refractivity contribution is 7.99. The van der Waals surface area contributed by atoms with Crippen LogP contribution in [-0.2, 0) is 0 Å². The summed E-state index contributed by atoms with van der Waals surface area (Å²) in [5.74, 6) is 1.91. The highest BCUT2D eigenvalue weighted by Gasteiger charge is 2.26. The summed E-state index contributed by atoms with van der Waals surface area (Å²) < 4.78 is 16.3. The van der Waals surface area contributed by atoms with E-state index in [0.717, 1.165) is 43.9 Å². The number of nitrogens with zero attached hydrogens (tertiary/aromatic N) is 2. The molecule has 1 aliphatic heterocycles. The van der Waals surface area contributed by atoms with Gasteiger partial charge in [0.1, 0.15) is 0 Å². The summed E-state index contributed by atoms with van der Waals surface area (Å²) in [5.41, 5.74) is 1.99. The largest absolute Gasteiger partial charge is 0.493 e. The molecule has 1 fully saturated rings. The number of thioether (sulfide) groups is 1. The second-order valence-corrected chi connectivity index (χ2v) is 10.8. The van der Waals surface area contributed by atoms with E-state index in [2.05, 4.69) is 67.0 Å². The third-order valence-corrected chi connectivity index (χ3v) is 7.41. The molecule has 35 heavy (non-hydrogen) atoms. The topological polar surface area (TPSA) is 54.4 Å². The van der Waals surface area contributed by atoms with Crippen molar-refractivity contribution in [2.24, 2.45) is 0 Å². The predicted octanol–water partition coefficient (Wildman–Crippen LogP) is 4.97. The van der Waals surface area contributed by atoms with E-state index in [9.17, 15) is 5.11 Å². The number of aliphatic hydroxyl groups is 1. The van der Waals surface area contributed by atoms with E-state index in [1.54, 1.807) is 21.3 Å². The van der Waals surface area contributed by atoms with Gasteiger partial charge in [0.25, 0.3) is 0 Å². The van der Waals surface area contributed by atoms with Crippen LogP contribution in [0, 0.1) is 0 Å². The van der Waals surface area contributed by atoms with Gasteiger partial charge in [-0.15, -0.1) is 11.8 Å². The average Bonchev–Trinajstić information content (AvgIpc) is 2.87. The van der Waals surface area contributed by atoms with Crippen molar-refractivity contribution in [1.82, 2.24) is 9.80 Å². The van der Waals surface area contributed by atoms with Crippen LogP contribution in [0.4, 0.5) is 0 Å². The summed E-state index contributed by atoms with van der Waals surface area (Å²) in [6.07, 6.45) is 3.77. The Morgan fingerprint density at radius 3 is 2.03 bits per heavy atom. The standard InChI is InChI=1S/C28H40N2O4S/c1-20(2)35-24-11-9-23(10-12-24)27(31)21(3)30-16-14-29(15-17-30)13-7-8-22-18-25(32-4)28(34-6)26(19-22)33-5/h7-12,18-21,27,31H,13-17H2,1-6H3/b8-7+. The lowest BCUT2D eigenvalue weighted by atomic mass is 10.0. The smallest absolute Gasteiger partial charge is 0.203 e. The third kappa shape index (κ3) is 7.40. The van der Waals surface area contributed by atoms with Gasteiger partial charge in [-0.1, -0.05) is 38.1 Å². The molecule has 3 rings (SSSR count). The van der Waals surface area contributed by atoms with E-state index < -0.39 is 6.10 Å². The van der Waals surface area contributed by atoms with E-state index in [4.69, 9.17) is 14.2 Å². The van der Waals surface area contributed by atoms with Gasteiger partial charge in [-0.05, 0) is 42.3 Å². The van der Waals surface area contributed by atoms with Crippen LogP contribution in [0.3, 0.4) is 0 Å². The van der Waals surface area contributed by atoms with E-state index in [1.165, 1.54) is 4.90 Å². The number of ether oxygens (including phenoxy) is 3. The van der Waals surface area contributed by atoms with Crippen LogP contribution in [0.5, 0.6) is 17.2 Å². The number of methoxy groups -OCH3 is 3. The quantitative estimate of drug-likeness (QED) is 0.438. The Hall–Kier alpha value is -2.19. The minimum absolute atomic E-state index is 0.0792. The Balaban J connectivity index is 1.51. The number of rotatable bonds is 11. The average molecular weight is 501 g/mol. The molecular weight excluding hydrogens is 460 g/mol. The summed E-state index contributed by atoms with van der Waals surface area (Å²) in [5, 5.41) is 11.5. The van der Waals surface area contributed by atoms with E-state index in [-0.39, 0.29) is 6.04 Å². The SMILES string of the molecule is COc1cc(/C=C/CN2CCN(C(C)C(O)c3ccc(SC(C)C)cc3)CC2)cc(OC)c1OC. The Labute approximate surface area is 214 Å². The van der Waals surface area contributed by atoms with Crippen molar-refractivity contribution in [3.8, 4) is 17.2 Å². The zero-order valence-corrected chi connectivity index (χ0v) is 22.7. The Kier molecular flexibility index (Phi) is 10.3. The van der Waals surface area contributed by atoms with Gasteiger partial charge in [-0.25, -0.2) is 0 Å². The van der Waals surface area contributed by atoms with E-state index in [1.807, 2.05) is 23.9 Å². The summed E-state index contributed by atoms with van der Waals surface area (Å²) in [6, 6.07) is 12.4. The van der Waals surface area contributed by atoms with E-state index in [0.29, 0.717) is 22.5 Å². The molecule has 0 radical (unpaired) electrons. The Morgan fingerprint density at radius 2 is 1.51 bits per heavy atom. The number of piperazine rings is 1. The molecule has 0 aliphatic carbocycles. The molecular formula is C28H40N2O4S. The van der Waals surface area contributed by atoms with Crippen LogP contribution >= 0.6 is 11.8 Å². The molecule has 0 bridgehead atoms. The second-order valence-electron chi connectivity index (χ2n) is 9.12. The first-order chi connectivity index (χ1) is 16.9. The van der Waals surface area contributed by atoms with Gasteiger partial charge in [0, 0.05) is 48.9 Å². The third-order valence-electron chi connectivity index (χ3n) is 6.39. The maximum atomic E-state index is 11.0. The molecule has 2 atom stereocenters. The summed E-state index contributed by atoms with van der Waals surface area (Å²) in [4.78, 5) is 6.07. The zero-order valence-electron chi connectivity index (χ0n) is 21.9. The Morgan fingerprint density at radius 1 is 0.914 bits per heavy atom. The first-order valence-corrected chi connectivity index (χ1v) is 13.1. The number of benzene rings is 2. The zero-order chi connectivity index (χ0) is 25.4. The highest BCUT2D eigenvalue weighted by atomic mass is 32.2. The van der Waals surface area contributed by atoms with E-state index >= 15 is 0 Å². The molecule has 0 amide bonds. The van der Waals surface area contributed by atoms with Crippen molar-refractivity contribution < 1.29 is 19.3 Å². The van der Waals surface area contributed by atoms with Crippen molar-refractivity contribution in [3.63, 3.8) is 0 Å². The monoisotopic (exact) mass is 500 g/mol. The summed E-state index contributed by atoms with van der Waals surface area (Å²) >= 11 is 1.84. The van der Waals surface area contributed by atoms with Crippen molar-refractivity contribution in [2.75, 3.05) is 54.1 Å². The molecule has 0 saturated carbocycles. The fourth-order valence-electron chi connectivity index (χ4n) is 4.38. The molecule has 1 heterocycles. The van der Waals surface area contributed by atoms with Crippen molar-refractivity contribution in [3.05, 3.63) is 53.6 Å². The minimum atomic E-state index is -0.487. The van der Waals surface area contributed by atoms with Gasteiger partial charge < -0.3 is 19.3 Å². The van der Waals surface area contributed by atoms with Gasteiger partial charge in [0.15, 0.2) is 11.5 Å². The molecule has 6 nitrogen and oxygen atoms in total. The fraction of sp³-hybridized carbons (Fsp3) is 0.500. The number of aliphatic hydroxyl groups excluding tert-OH is 1. The molecule has 2 unspecified atom stereocenters. The van der Waals surface area contributed by atoms with Gasteiger partial charge in [0.2, 0.25) is 5.75 Å². The molecule has 0 spiro atoms. The lowest BCUT2D eigenvalue weighted by molar-refractivity contribution is 0.0286. The molecule has 7 heteroatoms. The maximum Gasteiger partial charge on any atom is 0.203 e. The van der Waals surface area contributed by atoms with Gasteiger partial charge >= 0.3 is 0 Å². The van der Waals surface area contributed by atoms with Crippen LogP contribution in [0.25, 0.3) is 6.08 Å². The molecule has 1 saturated heterocycles. The normalized spacial score (nSPS) is 17.0. The lowest BCUT2D eigenvalue weighted by Crippen LogP contribution is -2.50. The molecule has 1 aliphatic rings. The minimum Gasteiger partial charge on any atom is -0.493 e. The van der Waals surface area contributed by atoms with Crippen molar-refractivity contribution in [1.29, 1.82) is 0 Å². The molecule has 192 valence electrons. The lowest BCUT2D eigenvalue weighted by Gasteiger charge is -2.39. The second kappa shape index (κ2) is 13.2. The van der Waals surface area contributed by atoms with Crippen LogP contribution in [-0.4, -0.2) is 80.3 Å². The van der Waals surface area contributed by atoms with Crippen molar-refractivity contribution in [2.45, 2.75) is 43.1 Å². The molecule has 0 aromatic heterocycles. The molecule has 2 aromatic rings. The van der Waals surface area contributed by atoms with Crippen LogP contribution < -0.4 is 14.2 Å². The van der Waals surface area contributed by atoms with Crippen LogP contribution in [0.2, 0.25) is 0 Å². The summed E-state index contributed by atoms with van der Waals surface area (Å²) in [7, 11) is 4.87. The first kappa shape index (κ1) is 27.4.